The van der Waals surface area contributed by atoms with E-state index in [9.17, 15) is 13.2 Å². The van der Waals surface area contributed by atoms with Crippen LogP contribution in [-0.2, 0) is 19.6 Å². The van der Waals surface area contributed by atoms with Crippen molar-refractivity contribution in [3.05, 3.63) is 66.5 Å². The van der Waals surface area contributed by atoms with Crippen LogP contribution < -0.4 is 18.9 Å². The molecule has 0 spiro atoms. The summed E-state index contributed by atoms with van der Waals surface area (Å²) in [5.74, 6) is -0.00492. The Morgan fingerprint density at radius 2 is 1.84 bits per heavy atom. The second-order valence-electron chi connectivity index (χ2n) is 10.5. The standard InChI is InChI=1S/C31H32IN9O7S/c1-19(2)21-10-11-25(34-18-21)49(43,44)39-30-27(48-24-8-5-4-7-23(24)45-3)31(47-16-15-46-26(42)9-6-13-32)36-28(35-30)20-12-14-33-22(17-20)29-37-40-41-38-29/h4-5,7-8,10-12,14,17-19H,6,9,13,15-16H2,1-3H3,(H,35,36,39)(H,37,38,40,41). The summed E-state index contributed by atoms with van der Waals surface area (Å²) in [6.07, 6.45) is 3.95. The average molecular weight is 802 g/mol. The number of alkyl halides is 1. The van der Waals surface area contributed by atoms with Gasteiger partial charge in [-0.25, -0.2) is 9.97 Å². The van der Waals surface area contributed by atoms with Crippen molar-refractivity contribution in [2.45, 2.75) is 37.6 Å². The topological polar surface area (TPSA) is 206 Å². The number of sulfonamides is 1. The van der Waals surface area contributed by atoms with E-state index in [-0.39, 0.29) is 71.4 Å². The van der Waals surface area contributed by atoms with Gasteiger partial charge in [-0.2, -0.15) is 18.6 Å². The fourth-order valence-corrected chi connectivity index (χ4v) is 5.56. The zero-order valence-electron chi connectivity index (χ0n) is 26.7. The predicted octanol–water partition coefficient (Wildman–Crippen LogP) is 4.98. The number of carbonyl (C=O) groups excluding carboxylic acids is 1. The number of carbonyl (C=O) groups is 1. The maximum absolute atomic E-state index is 13.8. The second-order valence-corrected chi connectivity index (χ2v) is 13.2. The summed E-state index contributed by atoms with van der Waals surface area (Å²) in [4.78, 5) is 29.7. The Hall–Kier alpha value is -4.98. The summed E-state index contributed by atoms with van der Waals surface area (Å²) in [5, 5.41) is 13.6. The number of benzene rings is 1. The maximum Gasteiger partial charge on any atom is 0.305 e. The molecule has 0 saturated carbocycles. The molecule has 4 heterocycles. The van der Waals surface area contributed by atoms with Gasteiger partial charge in [-0.3, -0.25) is 14.5 Å². The highest BCUT2D eigenvalue weighted by atomic mass is 127. The molecule has 1 aromatic carbocycles. The number of nitrogens with one attached hydrogen (secondary N) is 2. The van der Waals surface area contributed by atoms with Gasteiger partial charge >= 0.3 is 5.97 Å². The van der Waals surface area contributed by atoms with Crippen LogP contribution in [0.4, 0.5) is 5.82 Å². The molecule has 0 radical (unpaired) electrons. The van der Waals surface area contributed by atoms with Gasteiger partial charge < -0.3 is 18.9 Å². The minimum absolute atomic E-state index is 0.0365. The Morgan fingerprint density at radius 1 is 1.02 bits per heavy atom. The van der Waals surface area contributed by atoms with Crippen molar-refractivity contribution in [2.75, 3.05) is 29.5 Å². The Bertz CT molecular complexity index is 1980. The zero-order chi connectivity index (χ0) is 34.8. The number of H-pyrrole nitrogens is 1. The molecule has 5 rings (SSSR count). The van der Waals surface area contributed by atoms with Crippen molar-refractivity contribution in [1.82, 2.24) is 40.6 Å². The van der Waals surface area contributed by atoms with E-state index < -0.39 is 10.0 Å². The maximum atomic E-state index is 13.8. The summed E-state index contributed by atoms with van der Waals surface area (Å²) in [5.41, 5.74) is 1.62. The Kier molecular flexibility index (Phi) is 11.8. The SMILES string of the molecule is COc1ccccc1Oc1c(NS(=O)(=O)c2ccc(C(C)C)cn2)nc(-c2ccnc(-c3nn[nH]n3)c2)nc1OCCOC(=O)CCCI. The highest BCUT2D eigenvalue weighted by Crippen LogP contribution is 2.41. The molecule has 0 unspecified atom stereocenters. The molecule has 0 aliphatic rings. The van der Waals surface area contributed by atoms with Gasteiger partial charge in [0.1, 0.15) is 18.9 Å². The molecule has 4 aromatic heterocycles. The van der Waals surface area contributed by atoms with Crippen LogP contribution in [0.2, 0.25) is 0 Å². The number of aromatic amines is 1. The van der Waals surface area contributed by atoms with Gasteiger partial charge in [0.05, 0.1) is 7.11 Å². The van der Waals surface area contributed by atoms with Gasteiger partial charge in [-0.15, -0.1) is 10.2 Å². The van der Waals surface area contributed by atoms with Crippen LogP contribution in [-0.4, -0.2) is 79.7 Å². The van der Waals surface area contributed by atoms with Gasteiger partial charge in [-0.05, 0) is 53.4 Å². The minimum Gasteiger partial charge on any atom is -0.493 e. The highest BCUT2D eigenvalue weighted by molar-refractivity contribution is 14.1. The van der Waals surface area contributed by atoms with Crippen LogP contribution in [0.1, 0.15) is 38.2 Å². The van der Waals surface area contributed by atoms with Gasteiger partial charge in [-0.1, -0.05) is 54.6 Å². The first-order valence-corrected chi connectivity index (χ1v) is 18.0. The van der Waals surface area contributed by atoms with Gasteiger partial charge in [0, 0.05) is 28.8 Å². The minimum atomic E-state index is -4.32. The quantitative estimate of drug-likeness (QED) is 0.0585. The van der Waals surface area contributed by atoms with Crippen LogP contribution in [0.15, 0.2) is 66.0 Å². The van der Waals surface area contributed by atoms with Crippen molar-refractivity contribution in [3.8, 4) is 46.0 Å². The fraction of sp³-hybridized carbons (Fsp3) is 0.290. The number of para-hydroxylation sites is 2. The number of hydrogen-bond donors (Lipinski definition) is 2. The molecule has 0 amide bonds. The van der Waals surface area contributed by atoms with Crippen LogP contribution in [0.3, 0.4) is 0 Å². The summed E-state index contributed by atoms with van der Waals surface area (Å²) in [6, 6.07) is 13.1. The first kappa shape index (κ1) is 35.3. The molecule has 0 fully saturated rings. The van der Waals surface area contributed by atoms with E-state index in [1.54, 1.807) is 42.5 Å². The number of nitrogens with zero attached hydrogens (tertiary/aromatic N) is 7. The number of tetrazole rings is 1. The number of ether oxygens (including phenoxy) is 4. The lowest BCUT2D eigenvalue weighted by Crippen LogP contribution is -2.18. The molecule has 0 atom stereocenters. The predicted molar refractivity (Wildman–Crippen MR) is 185 cm³/mol. The molecule has 0 bridgehead atoms. The van der Waals surface area contributed by atoms with Crippen LogP contribution in [0, 0.1) is 0 Å². The van der Waals surface area contributed by atoms with E-state index in [2.05, 4.69) is 67.9 Å². The normalized spacial score (nSPS) is 11.3. The third kappa shape index (κ3) is 9.13. The molecule has 49 heavy (non-hydrogen) atoms. The van der Waals surface area contributed by atoms with Crippen molar-refractivity contribution < 1.29 is 32.2 Å². The second kappa shape index (κ2) is 16.4. The number of halogens is 1. The van der Waals surface area contributed by atoms with Crippen molar-refractivity contribution in [3.63, 3.8) is 0 Å². The third-order valence-electron chi connectivity index (χ3n) is 6.74. The number of hydrogen-bond acceptors (Lipinski definition) is 14. The number of pyridine rings is 2. The highest BCUT2D eigenvalue weighted by Gasteiger charge is 2.26. The molecular formula is C31H32IN9O7S. The number of esters is 1. The van der Waals surface area contributed by atoms with E-state index in [0.29, 0.717) is 23.4 Å². The van der Waals surface area contributed by atoms with E-state index in [1.165, 1.54) is 25.6 Å². The number of anilines is 1. The first-order chi connectivity index (χ1) is 23.7. The summed E-state index contributed by atoms with van der Waals surface area (Å²) in [7, 11) is -2.86. The Labute approximate surface area is 295 Å². The van der Waals surface area contributed by atoms with Crippen LogP contribution in [0.25, 0.3) is 22.9 Å². The zero-order valence-corrected chi connectivity index (χ0v) is 29.6. The van der Waals surface area contributed by atoms with Gasteiger partial charge in [0.15, 0.2) is 28.2 Å². The third-order valence-corrected chi connectivity index (χ3v) is 8.76. The number of rotatable bonds is 16. The first-order valence-electron chi connectivity index (χ1n) is 14.9. The van der Waals surface area contributed by atoms with E-state index in [0.717, 1.165) is 9.99 Å². The van der Waals surface area contributed by atoms with Crippen molar-refractivity contribution >= 4 is 44.4 Å². The fourth-order valence-electron chi connectivity index (χ4n) is 4.24. The molecule has 0 aliphatic carbocycles. The van der Waals surface area contributed by atoms with Crippen molar-refractivity contribution in [1.29, 1.82) is 0 Å². The van der Waals surface area contributed by atoms with Crippen LogP contribution in [0.5, 0.6) is 23.1 Å². The van der Waals surface area contributed by atoms with Gasteiger partial charge in [0.2, 0.25) is 11.6 Å². The number of aromatic nitrogens is 8. The van der Waals surface area contributed by atoms with Gasteiger partial charge in [0.25, 0.3) is 15.9 Å². The molecule has 5 aromatic rings. The number of methoxy groups -OCH3 is 1. The van der Waals surface area contributed by atoms with Crippen molar-refractivity contribution in [2.24, 2.45) is 0 Å². The molecule has 2 N–H and O–H groups in total. The summed E-state index contributed by atoms with van der Waals surface area (Å²) in [6.45, 7) is 3.72. The molecule has 256 valence electrons. The van der Waals surface area contributed by atoms with Crippen LogP contribution >= 0.6 is 22.6 Å². The van der Waals surface area contributed by atoms with E-state index >= 15 is 0 Å². The lowest BCUT2D eigenvalue weighted by atomic mass is 10.1. The lowest BCUT2D eigenvalue weighted by molar-refractivity contribution is -0.144. The van der Waals surface area contributed by atoms with E-state index in [1.807, 2.05) is 13.8 Å². The molecule has 0 aliphatic heterocycles. The average Bonchev–Trinajstić information content (AvgIpc) is 3.66. The smallest absolute Gasteiger partial charge is 0.305 e. The summed E-state index contributed by atoms with van der Waals surface area (Å²) >= 11 is 2.19. The molecular weight excluding hydrogens is 769 g/mol. The molecule has 0 saturated heterocycles. The van der Waals surface area contributed by atoms with E-state index in [4.69, 9.17) is 18.9 Å². The monoisotopic (exact) mass is 801 g/mol. The molecule has 18 heteroatoms. The Morgan fingerprint density at radius 3 is 2.53 bits per heavy atom. The summed E-state index contributed by atoms with van der Waals surface area (Å²) < 4.78 is 53.8. The molecule has 16 nitrogen and oxygen atoms in total. The lowest BCUT2D eigenvalue weighted by Gasteiger charge is -2.18. The largest absolute Gasteiger partial charge is 0.493 e. The Balaban J connectivity index is 1.60.